The van der Waals surface area contributed by atoms with Gasteiger partial charge in [-0.1, -0.05) is 28.9 Å². The first kappa shape index (κ1) is 16.8. The molecule has 0 amide bonds. The number of nitrogens with one attached hydrogen (secondary N) is 1. The highest BCUT2D eigenvalue weighted by Gasteiger charge is 2.11. The number of anilines is 1. The zero-order chi connectivity index (χ0) is 15.2. The van der Waals surface area contributed by atoms with Crippen LogP contribution in [0.3, 0.4) is 0 Å². The Morgan fingerprint density at radius 3 is 2.67 bits per heavy atom. The molecule has 0 saturated heterocycles. The van der Waals surface area contributed by atoms with Crippen molar-refractivity contribution < 1.29 is 0 Å². The zero-order valence-electron chi connectivity index (χ0n) is 12.0. The Bertz CT molecular complexity index is 620. The fourth-order valence-electron chi connectivity index (χ4n) is 1.83. The highest BCUT2D eigenvalue weighted by Crippen LogP contribution is 2.28. The summed E-state index contributed by atoms with van der Waals surface area (Å²) >= 11 is 8.82. The maximum atomic E-state index is 4.64. The Hall–Kier alpha value is -0.590. The number of hydrogen-bond donors (Lipinski definition) is 1. The van der Waals surface area contributed by atoms with Gasteiger partial charge in [-0.25, -0.2) is 9.97 Å². The topological polar surface area (TPSA) is 37.8 Å². The molecule has 0 radical (unpaired) electrons. The third-order valence-electron chi connectivity index (χ3n) is 2.81. The van der Waals surface area contributed by atoms with Crippen LogP contribution < -0.4 is 5.32 Å². The average molecular weight is 431 g/mol. The lowest BCUT2D eigenvalue weighted by atomic mass is 10.3. The summed E-state index contributed by atoms with van der Waals surface area (Å²) in [5.74, 6) is 2.50. The van der Waals surface area contributed by atoms with Crippen LogP contribution in [0.1, 0.15) is 25.4 Å². The first-order valence-corrected chi connectivity index (χ1v) is 9.38. The second-order valence-corrected chi connectivity index (χ2v) is 7.14. The maximum absolute atomic E-state index is 4.64. The number of benzene rings is 1. The minimum atomic E-state index is 0.759. The maximum Gasteiger partial charge on any atom is 0.144 e. The van der Waals surface area contributed by atoms with Gasteiger partial charge in [-0.3, -0.25) is 0 Å². The molecule has 2 aromatic rings. The Morgan fingerprint density at radius 1 is 1.19 bits per heavy atom. The van der Waals surface area contributed by atoms with E-state index in [-0.39, 0.29) is 0 Å². The predicted octanol–water partition coefficient (Wildman–Crippen LogP) is 5.29. The minimum Gasteiger partial charge on any atom is -0.369 e. The largest absolute Gasteiger partial charge is 0.369 e. The molecule has 21 heavy (non-hydrogen) atoms. The molecule has 2 rings (SSSR count). The molecule has 1 aromatic heterocycles. The predicted molar refractivity (Wildman–Crippen MR) is 97.0 cm³/mol. The average Bonchev–Trinajstić information content (AvgIpc) is 2.48. The van der Waals surface area contributed by atoms with Crippen LogP contribution in [0.15, 0.2) is 38.1 Å². The highest BCUT2D eigenvalue weighted by molar-refractivity contribution is 9.11. The lowest BCUT2D eigenvalue weighted by Gasteiger charge is -2.11. The van der Waals surface area contributed by atoms with Crippen molar-refractivity contribution in [1.29, 1.82) is 0 Å². The van der Waals surface area contributed by atoms with E-state index in [0.717, 1.165) is 45.0 Å². The lowest BCUT2D eigenvalue weighted by molar-refractivity contribution is 0.924. The van der Waals surface area contributed by atoms with Crippen LogP contribution in [0.4, 0.5) is 5.82 Å². The van der Waals surface area contributed by atoms with Crippen molar-refractivity contribution >= 4 is 49.4 Å². The van der Waals surface area contributed by atoms with Crippen LogP contribution in [0.2, 0.25) is 0 Å². The highest BCUT2D eigenvalue weighted by atomic mass is 79.9. The fraction of sp³-hybridized carbons (Fsp3) is 0.333. The van der Waals surface area contributed by atoms with Gasteiger partial charge in [0.15, 0.2) is 0 Å². The summed E-state index contributed by atoms with van der Waals surface area (Å²) in [6, 6.07) is 8.27. The molecule has 0 aliphatic carbocycles. The van der Waals surface area contributed by atoms with Crippen LogP contribution in [0.5, 0.6) is 0 Å². The lowest BCUT2D eigenvalue weighted by Crippen LogP contribution is -2.07. The number of hydrogen-bond acceptors (Lipinski definition) is 4. The van der Waals surface area contributed by atoms with Gasteiger partial charge in [0.25, 0.3) is 0 Å². The number of aryl methyl sites for hydroxylation is 1. The molecule has 0 aliphatic rings. The third-order valence-corrected chi connectivity index (χ3v) is 5.13. The zero-order valence-corrected chi connectivity index (χ0v) is 16.0. The van der Waals surface area contributed by atoms with Gasteiger partial charge in [0, 0.05) is 15.9 Å². The summed E-state index contributed by atoms with van der Waals surface area (Å²) < 4.78 is 2.06. The van der Waals surface area contributed by atoms with Crippen molar-refractivity contribution in [3.63, 3.8) is 0 Å². The molecule has 0 aliphatic heterocycles. The van der Waals surface area contributed by atoms with E-state index >= 15 is 0 Å². The summed E-state index contributed by atoms with van der Waals surface area (Å²) in [6.45, 7) is 5.01. The van der Waals surface area contributed by atoms with Crippen molar-refractivity contribution in [2.45, 2.75) is 30.9 Å². The van der Waals surface area contributed by atoms with Gasteiger partial charge >= 0.3 is 0 Å². The quantitative estimate of drug-likeness (QED) is 0.632. The molecule has 0 atom stereocenters. The van der Waals surface area contributed by atoms with Crippen LogP contribution in [0.25, 0.3) is 0 Å². The van der Waals surface area contributed by atoms with Gasteiger partial charge in [-0.15, -0.1) is 11.8 Å². The number of nitrogens with zero attached hydrogens (tertiary/aromatic N) is 2. The van der Waals surface area contributed by atoms with Gasteiger partial charge in [0.05, 0.1) is 15.9 Å². The molecule has 1 heterocycles. The Balaban J connectivity index is 2.17. The molecule has 1 N–H and O–H groups in total. The third kappa shape index (κ3) is 4.69. The first-order valence-electron chi connectivity index (χ1n) is 6.81. The molecule has 6 heteroatoms. The fourth-order valence-corrected chi connectivity index (χ4v) is 3.79. The monoisotopic (exact) mass is 429 g/mol. The summed E-state index contributed by atoms with van der Waals surface area (Å²) in [7, 11) is 0. The van der Waals surface area contributed by atoms with Crippen molar-refractivity contribution in [3.8, 4) is 0 Å². The summed E-state index contributed by atoms with van der Waals surface area (Å²) in [5, 5.41) is 3.28. The molecule has 0 bridgehead atoms. The van der Waals surface area contributed by atoms with E-state index in [1.807, 2.05) is 12.1 Å². The van der Waals surface area contributed by atoms with Crippen molar-refractivity contribution in [2.75, 3.05) is 11.9 Å². The van der Waals surface area contributed by atoms with E-state index in [0.29, 0.717) is 0 Å². The van der Waals surface area contributed by atoms with Crippen LogP contribution in [0, 0.1) is 0 Å². The van der Waals surface area contributed by atoms with Gasteiger partial charge < -0.3 is 5.32 Å². The van der Waals surface area contributed by atoms with Gasteiger partial charge in [-0.2, -0.15) is 0 Å². The van der Waals surface area contributed by atoms with Crippen molar-refractivity contribution in [2.24, 2.45) is 0 Å². The molecular weight excluding hydrogens is 414 g/mol. The standard InChI is InChI=1S/C15H17Br2N3S/c1-3-12-14(17)15(18-4-2)20-13(19-12)9-21-11-7-5-6-10(16)8-11/h5-8H,3-4,9H2,1-2H3,(H,18,19,20). The minimum absolute atomic E-state index is 0.759. The van der Waals surface area contributed by atoms with E-state index in [9.17, 15) is 0 Å². The summed E-state index contributed by atoms with van der Waals surface area (Å²) in [4.78, 5) is 10.5. The SMILES string of the molecule is CCNc1nc(CSc2cccc(Br)c2)nc(CC)c1Br. The van der Waals surface area contributed by atoms with E-state index in [1.54, 1.807) is 11.8 Å². The normalized spacial score (nSPS) is 10.7. The molecule has 112 valence electrons. The molecule has 0 fully saturated rings. The number of aromatic nitrogens is 2. The number of rotatable bonds is 6. The molecule has 0 spiro atoms. The van der Waals surface area contributed by atoms with E-state index in [1.165, 1.54) is 4.90 Å². The number of halogens is 2. The number of thioether (sulfide) groups is 1. The smallest absolute Gasteiger partial charge is 0.144 e. The molecular formula is C15H17Br2N3S. The molecule has 1 aromatic carbocycles. The van der Waals surface area contributed by atoms with Crippen LogP contribution in [-0.4, -0.2) is 16.5 Å². The van der Waals surface area contributed by atoms with Crippen LogP contribution >= 0.6 is 43.6 Å². The molecule has 3 nitrogen and oxygen atoms in total. The van der Waals surface area contributed by atoms with Crippen molar-refractivity contribution in [3.05, 3.63) is 44.7 Å². The summed E-state index contributed by atoms with van der Waals surface area (Å²) in [5.41, 5.74) is 1.05. The van der Waals surface area contributed by atoms with Gasteiger partial charge in [-0.05, 0) is 47.5 Å². The molecule has 0 unspecified atom stereocenters. The van der Waals surface area contributed by atoms with Gasteiger partial charge in [0.2, 0.25) is 0 Å². The Morgan fingerprint density at radius 2 is 2.00 bits per heavy atom. The Labute approximate surface area is 146 Å². The van der Waals surface area contributed by atoms with Gasteiger partial charge in [0.1, 0.15) is 11.6 Å². The van der Waals surface area contributed by atoms with E-state index in [2.05, 4.69) is 73.1 Å². The first-order chi connectivity index (χ1) is 10.1. The van der Waals surface area contributed by atoms with E-state index in [4.69, 9.17) is 0 Å². The van der Waals surface area contributed by atoms with E-state index < -0.39 is 0 Å². The van der Waals surface area contributed by atoms with Crippen LogP contribution in [-0.2, 0) is 12.2 Å². The second-order valence-electron chi connectivity index (χ2n) is 4.38. The molecule has 0 saturated carbocycles. The summed E-state index contributed by atoms with van der Waals surface area (Å²) in [6.07, 6.45) is 0.885. The second kappa shape index (κ2) is 8.15. The van der Waals surface area contributed by atoms with Crippen molar-refractivity contribution in [1.82, 2.24) is 9.97 Å². The Kier molecular flexibility index (Phi) is 6.51.